The van der Waals surface area contributed by atoms with Crippen molar-refractivity contribution in [2.24, 2.45) is 0 Å². The van der Waals surface area contributed by atoms with E-state index in [1.165, 1.54) is 11.5 Å². The van der Waals surface area contributed by atoms with Crippen molar-refractivity contribution in [3.05, 3.63) is 11.9 Å². The summed E-state index contributed by atoms with van der Waals surface area (Å²) in [6, 6.07) is 2.05. The van der Waals surface area contributed by atoms with E-state index in [4.69, 9.17) is 0 Å². The Hall–Kier alpha value is -0.970. The summed E-state index contributed by atoms with van der Waals surface area (Å²) in [7, 11) is 0. The standard InChI is InChI=1S/C11H18N4S/c1-3-12-10-8-11(14-9(2)13-10)15-4-6-16-7-5-15/h8H,3-7H2,1-2H3,(H,12,13,14). The van der Waals surface area contributed by atoms with Crippen LogP contribution in [0.4, 0.5) is 11.6 Å². The fourth-order valence-electron chi connectivity index (χ4n) is 1.78. The largest absolute Gasteiger partial charge is 0.370 e. The summed E-state index contributed by atoms with van der Waals surface area (Å²) in [5.74, 6) is 5.22. The smallest absolute Gasteiger partial charge is 0.134 e. The van der Waals surface area contributed by atoms with Crippen LogP contribution in [0.25, 0.3) is 0 Å². The molecule has 0 spiro atoms. The Morgan fingerprint density at radius 2 is 2.12 bits per heavy atom. The monoisotopic (exact) mass is 238 g/mol. The van der Waals surface area contributed by atoms with Crippen LogP contribution in [0, 0.1) is 6.92 Å². The third kappa shape index (κ3) is 2.78. The average Bonchev–Trinajstić information content (AvgIpc) is 2.30. The molecule has 16 heavy (non-hydrogen) atoms. The second-order valence-electron chi connectivity index (χ2n) is 3.79. The lowest BCUT2D eigenvalue weighted by Gasteiger charge is -2.27. The third-order valence-electron chi connectivity index (χ3n) is 2.52. The molecule has 0 radical (unpaired) electrons. The van der Waals surface area contributed by atoms with Gasteiger partial charge in [0.05, 0.1) is 0 Å². The summed E-state index contributed by atoms with van der Waals surface area (Å²) in [6.07, 6.45) is 0. The van der Waals surface area contributed by atoms with Crippen LogP contribution < -0.4 is 10.2 Å². The summed E-state index contributed by atoms with van der Waals surface area (Å²) in [6.45, 7) is 7.10. The topological polar surface area (TPSA) is 41.0 Å². The summed E-state index contributed by atoms with van der Waals surface area (Å²) >= 11 is 2.01. The van der Waals surface area contributed by atoms with Gasteiger partial charge in [-0.05, 0) is 13.8 Å². The Kier molecular flexibility index (Phi) is 3.88. The maximum absolute atomic E-state index is 4.51. The van der Waals surface area contributed by atoms with Crippen LogP contribution in [0.2, 0.25) is 0 Å². The van der Waals surface area contributed by atoms with Gasteiger partial charge in [0, 0.05) is 37.2 Å². The van der Waals surface area contributed by atoms with Crippen molar-refractivity contribution >= 4 is 23.4 Å². The molecule has 0 aliphatic carbocycles. The number of anilines is 2. The van der Waals surface area contributed by atoms with Crippen LogP contribution in [0.1, 0.15) is 12.7 Å². The van der Waals surface area contributed by atoms with E-state index in [0.717, 1.165) is 37.1 Å². The first-order valence-corrected chi connectivity index (χ1v) is 6.87. The van der Waals surface area contributed by atoms with E-state index >= 15 is 0 Å². The molecule has 88 valence electrons. The van der Waals surface area contributed by atoms with Gasteiger partial charge in [-0.2, -0.15) is 11.8 Å². The number of aryl methyl sites for hydroxylation is 1. The van der Waals surface area contributed by atoms with Gasteiger partial charge in [0.15, 0.2) is 0 Å². The normalized spacial score (nSPS) is 16.2. The minimum Gasteiger partial charge on any atom is -0.370 e. The molecule has 4 nitrogen and oxygen atoms in total. The van der Waals surface area contributed by atoms with Crippen molar-refractivity contribution in [2.75, 3.05) is 41.4 Å². The zero-order valence-corrected chi connectivity index (χ0v) is 10.7. The van der Waals surface area contributed by atoms with E-state index in [1.807, 2.05) is 24.8 Å². The fourth-order valence-corrected chi connectivity index (χ4v) is 2.68. The van der Waals surface area contributed by atoms with E-state index in [0.29, 0.717) is 0 Å². The molecule has 1 aliphatic rings. The Labute approximate surface area is 101 Å². The number of nitrogens with one attached hydrogen (secondary N) is 1. The summed E-state index contributed by atoms with van der Waals surface area (Å²) < 4.78 is 0. The van der Waals surface area contributed by atoms with E-state index in [-0.39, 0.29) is 0 Å². The molecule has 1 saturated heterocycles. The van der Waals surface area contributed by atoms with Gasteiger partial charge in [0.2, 0.25) is 0 Å². The molecule has 0 saturated carbocycles. The van der Waals surface area contributed by atoms with Gasteiger partial charge in [-0.3, -0.25) is 0 Å². The van der Waals surface area contributed by atoms with Gasteiger partial charge in [-0.15, -0.1) is 0 Å². The Morgan fingerprint density at radius 3 is 2.81 bits per heavy atom. The molecule has 0 unspecified atom stereocenters. The van der Waals surface area contributed by atoms with Crippen LogP contribution in [0.3, 0.4) is 0 Å². The first-order chi connectivity index (χ1) is 7.79. The van der Waals surface area contributed by atoms with Gasteiger partial charge in [0.25, 0.3) is 0 Å². The highest BCUT2D eigenvalue weighted by atomic mass is 32.2. The molecule has 1 N–H and O–H groups in total. The zero-order valence-electron chi connectivity index (χ0n) is 9.86. The van der Waals surface area contributed by atoms with Crippen molar-refractivity contribution in [1.29, 1.82) is 0 Å². The number of thioether (sulfide) groups is 1. The van der Waals surface area contributed by atoms with Crippen LogP contribution in [-0.2, 0) is 0 Å². The third-order valence-corrected chi connectivity index (χ3v) is 3.46. The summed E-state index contributed by atoms with van der Waals surface area (Å²) in [5, 5.41) is 3.24. The Morgan fingerprint density at radius 1 is 1.38 bits per heavy atom. The quantitative estimate of drug-likeness (QED) is 0.869. The molecular weight excluding hydrogens is 220 g/mol. The maximum Gasteiger partial charge on any atom is 0.134 e. The number of hydrogen-bond acceptors (Lipinski definition) is 5. The highest BCUT2D eigenvalue weighted by Gasteiger charge is 2.13. The predicted molar refractivity (Wildman–Crippen MR) is 70.5 cm³/mol. The summed E-state index contributed by atoms with van der Waals surface area (Å²) in [4.78, 5) is 11.2. The average molecular weight is 238 g/mol. The van der Waals surface area contributed by atoms with Crippen molar-refractivity contribution in [2.45, 2.75) is 13.8 Å². The zero-order chi connectivity index (χ0) is 11.4. The van der Waals surface area contributed by atoms with Crippen molar-refractivity contribution in [1.82, 2.24) is 9.97 Å². The molecule has 1 aliphatic heterocycles. The number of rotatable bonds is 3. The lowest BCUT2D eigenvalue weighted by atomic mass is 10.4. The summed E-state index contributed by atoms with van der Waals surface area (Å²) in [5.41, 5.74) is 0. The molecule has 5 heteroatoms. The number of aromatic nitrogens is 2. The fraction of sp³-hybridized carbons (Fsp3) is 0.636. The van der Waals surface area contributed by atoms with E-state index in [1.54, 1.807) is 0 Å². The molecule has 0 bridgehead atoms. The first-order valence-electron chi connectivity index (χ1n) is 5.72. The molecule has 2 rings (SSSR count). The molecule has 1 fully saturated rings. The molecule has 1 aromatic rings. The molecule has 0 atom stereocenters. The Bertz CT molecular complexity index is 350. The maximum atomic E-state index is 4.51. The Balaban J connectivity index is 2.18. The highest BCUT2D eigenvalue weighted by Crippen LogP contribution is 2.19. The second-order valence-corrected chi connectivity index (χ2v) is 5.01. The minimum atomic E-state index is 0.840. The highest BCUT2D eigenvalue weighted by molar-refractivity contribution is 7.99. The van der Waals surface area contributed by atoms with E-state index < -0.39 is 0 Å². The van der Waals surface area contributed by atoms with Gasteiger partial charge < -0.3 is 10.2 Å². The lowest BCUT2D eigenvalue weighted by molar-refractivity contribution is 0.828. The van der Waals surface area contributed by atoms with Gasteiger partial charge in [-0.25, -0.2) is 9.97 Å². The molecule has 0 amide bonds. The first kappa shape index (κ1) is 11.5. The van der Waals surface area contributed by atoms with Crippen LogP contribution in [0.15, 0.2) is 6.07 Å². The number of nitrogens with zero attached hydrogens (tertiary/aromatic N) is 3. The number of hydrogen-bond donors (Lipinski definition) is 1. The van der Waals surface area contributed by atoms with Crippen molar-refractivity contribution < 1.29 is 0 Å². The predicted octanol–water partition coefficient (Wildman–Crippen LogP) is 1.77. The van der Waals surface area contributed by atoms with Crippen LogP contribution in [0.5, 0.6) is 0 Å². The van der Waals surface area contributed by atoms with E-state index in [2.05, 4.69) is 27.1 Å². The lowest BCUT2D eigenvalue weighted by Crippen LogP contribution is -2.33. The molecular formula is C11H18N4S. The van der Waals surface area contributed by atoms with E-state index in [9.17, 15) is 0 Å². The molecule has 2 heterocycles. The molecule has 1 aromatic heterocycles. The van der Waals surface area contributed by atoms with Crippen molar-refractivity contribution in [3.8, 4) is 0 Å². The van der Waals surface area contributed by atoms with Crippen LogP contribution in [-0.4, -0.2) is 41.1 Å². The van der Waals surface area contributed by atoms with Gasteiger partial charge in [-0.1, -0.05) is 0 Å². The van der Waals surface area contributed by atoms with Crippen molar-refractivity contribution in [3.63, 3.8) is 0 Å². The second kappa shape index (κ2) is 5.39. The molecule has 0 aromatic carbocycles. The SMILES string of the molecule is CCNc1cc(N2CCSCC2)nc(C)n1. The minimum absolute atomic E-state index is 0.840. The van der Waals surface area contributed by atoms with Crippen LogP contribution >= 0.6 is 11.8 Å². The van der Waals surface area contributed by atoms with Gasteiger partial charge in [0.1, 0.15) is 17.5 Å². The van der Waals surface area contributed by atoms with Gasteiger partial charge >= 0.3 is 0 Å².